The molecule has 2 aromatic rings. The van der Waals surface area contributed by atoms with Crippen LogP contribution in [-0.4, -0.2) is 18.0 Å². The first-order chi connectivity index (χ1) is 11.8. The van der Waals surface area contributed by atoms with Gasteiger partial charge in [0, 0.05) is 24.4 Å². The predicted molar refractivity (Wildman–Crippen MR) is 89.8 cm³/mol. The highest BCUT2D eigenvalue weighted by Crippen LogP contribution is 2.33. The summed E-state index contributed by atoms with van der Waals surface area (Å²) in [6.07, 6.45) is -4.13. The topological polar surface area (TPSA) is 58.2 Å². The second-order valence-electron chi connectivity index (χ2n) is 5.17. The van der Waals surface area contributed by atoms with E-state index in [1.165, 1.54) is 55.5 Å². The number of rotatable bonds is 4. The second kappa shape index (κ2) is 7.65. The van der Waals surface area contributed by atoms with Gasteiger partial charge in [-0.3, -0.25) is 9.59 Å². The Bertz CT molecular complexity index is 782. The molecule has 0 aliphatic rings. The molecule has 0 atom stereocenters. The lowest BCUT2D eigenvalue weighted by Gasteiger charge is -2.12. The Morgan fingerprint density at radius 2 is 1.40 bits per heavy atom. The molecule has 0 radical (unpaired) electrons. The van der Waals surface area contributed by atoms with Crippen molar-refractivity contribution in [1.82, 2.24) is 0 Å². The standard InChI is InChI=1S/C18H15F3N2O2/c1-12(24)22-14-7-9-15(10-8-14)23-17(25)11-16(18(19,20)21)13-5-3-2-4-6-13/h2-11H,1H3,(H,22,24)(H,23,25)/b16-11-. The molecule has 25 heavy (non-hydrogen) atoms. The van der Waals surface area contributed by atoms with Crippen LogP contribution in [-0.2, 0) is 9.59 Å². The molecule has 7 heteroatoms. The van der Waals surface area contributed by atoms with E-state index in [0.29, 0.717) is 17.5 Å². The molecule has 0 aromatic heterocycles. The van der Waals surface area contributed by atoms with Gasteiger partial charge in [-0.15, -0.1) is 0 Å². The lowest BCUT2D eigenvalue weighted by molar-refractivity contribution is -0.114. The van der Waals surface area contributed by atoms with E-state index in [1.807, 2.05) is 0 Å². The Labute approximate surface area is 142 Å². The highest BCUT2D eigenvalue weighted by molar-refractivity contribution is 6.04. The van der Waals surface area contributed by atoms with Crippen LogP contribution in [0.15, 0.2) is 60.7 Å². The number of allylic oxidation sites excluding steroid dienone is 1. The Hall–Kier alpha value is -3.09. The minimum absolute atomic E-state index is 0.0915. The smallest absolute Gasteiger partial charge is 0.326 e. The molecule has 130 valence electrons. The fourth-order valence-corrected chi connectivity index (χ4v) is 2.10. The van der Waals surface area contributed by atoms with Crippen LogP contribution in [0.1, 0.15) is 12.5 Å². The average molecular weight is 348 g/mol. The number of carbonyl (C=O) groups is 2. The van der Waals surface area contributed by atoms with E-state index in [4.69, 9.17) is 0 Å². The van der Waals surface area contributed by atoms with Crippen molar-refractivity contribution in [2.24, 2.45) is 0 Å². The molecule has 0 heterocycles. The first-order valence-corrected chi connectivity index (χ1v) is 7.28. The van der Waals surface area contributed by atoms with Crippen molar-refractivity contribution in [2.45, 2.75) is 13.1 Å². The van der Waals surface area contributed by atoms with Gasteiger partial charge >= 0.3 is 6.18 Å². The number of hydrogen-bond donors (Lipinski definition) is 2. The second-order valence-corrected chi connectivity index (χ2v) is 5.17. The molecule has 0 spiro atoms. The molecular weight excluding hydrogens is 333 g/mol. The van der Waals surface area contributed by atoms with Crippen LogP contribution in [0.5, 0.6) is 0 Å². The average Bonchev–Trinajstić information content (AvgIpc) is 2.54. The Balaban J connectivity index is 2.18. The Morgan fingerprint density at radius 1 is 0.880 bits per heavy atom. The zero-order valence-corrected chi connectivity index (χ0v) is 13.2. The molecule has 2 rings (SSSR count). The molecule has 0 bridgehead atoms. The first-order valence-electron chi connectivity index (χ1n) is 7.28. The van der Waals surface area contributed by atoms with Gasteiger partial charge < -0.3 is 10.6 Å². The zero-order chi connectivity index (χ0) is 18.4. The van der Waals surface area contributed by atoms with Crippen molar-refractivity contribution in [1.29, 1.82) is 0 Å². The molecule has 0 saturated heterocycles. The molecule has 0 unspecified atom stereocenters. The van der Waals surface area contributed by atoms with E-state index in [9.17, 15) is 22.8 Å². The van der Waals surface area contributed by atoms with Crippen molar-refractivity contribution in [3.05, 3.63) is 66.2 Å². The highest BCUT2D eigenvalue weighted by atomic mass is 19.4. The summed E-state index contributed by atoms with van der Waals surface area (Å²) in [6.45, 7) is 1.35. The van der Waals surface area contributed by atoms with E-state index in [2.05, 4.69) is 10.6 Å². The van der Waals surface area contributed by atoms with Gasteiger partial charge in [-0.1, -0.05) is 30.3 Å². The van der Waals surface area contributed by atoms with Crippen LogP contribution in [0.2, 0.25) is 0 Å². The fraction of sp³-hybridized carbons (Fsp3) is 0.111. The number of alkyl halides is 3. The summed E-state index contributed by atoms with van der Waals surface area (Å²) >= 11 is 0. The molecule has 2 N–H and O–H groups in total. The van der Waals surface area contributed by atoms with Crippen LogP contribution in [0.4, 0.5) is 24.5 Å². The summed E-state index contributed by atoms with van der Waals surface area (Å²) in [4.78, 5) is 22.9. The lowest BCUT2D eigenvalue weighted by atomic mass is 10.1. The van der Waals surface area contributed by atoms with Gasteiger partial charge in [-0.25, -0.2) is 0 Å². The van der Waals surface area contributed by atoms with Gasteiger partial charge in [0.05, 0.1) is 5.57 Å². The summed E-state index contributed by atoms with van der Waals surface area (Å²) in [6, 6.07) is 13.1. The zero-order valence-electron chi connectivity index (χ0n) is 13.2. The summed E-state index contributed by atoms with van der Waals surface area (Å²) in [7, 11) is 0. The van der Waals surface area contributed by atoms with E-state index in [1.54, 1.807) is 6.07 Å². The Kier molecular flexibility index (Phi) is 5.59. The van der Waals surface area contributed by atoms with Gasteiger partial charge in [0.25, 0.3) is 0 Å². The summed E-state index contributed by atoms with van der Waals surface area (Å²) < 4.78 is 39.6. The van der Waals surface area contributed by atoms with Crippen LogP contribution in [0.3, 0.4) is 0 Å². The maximum atomic E-state index is 13.2. The van der Waals surface area contributed by atoms with E-state index < -0.39 is 17.7 Å². The van der Waals surface area contributed by atoms with Crippen LogP contribution < -0.4 is 10.6 Å². The third-order valence-electron chi connectivity index (χ3n) is 3.14. The molecule has 4 nitrogen and oxygen atoms in total. The first kappa shape index (κ1) is 18.3. The quantitative estimate of drug-likeness (QED) is 0.813. The minimum atomic E-state index is -4.66. The summed E-state index contributed by atoms with van der Waals surface area (Å²) in [5.74, 6) is -1.15. The third-order valence-corrected chi connectivity index (χ3v) is 3.14. The molecule has 2 aromatic carbocycles. The highest BCUT2D eigenvalue weighted by Gasteiger charge is 2.35. The molecule has 0 saturated carbocycles. The molecular formula is C18H15F3N2O2. The van der Waals surface area contributed by atoms with Crippen LogP contribution >= 0.6 is 0 Å². The SMILES string of the molecule is CC(=O)Nc1ccc(NC(=O)/C=C(/c2ccccc2)C(F)(F)F)cc1. The van der Waals surface area contributed by atoms with E-state index >= 15 is 0 Å². The van der Waals surface area contributed by atoms with Gasteiger partial charge in [0.15, 0.2) is 0 Å². The maximum Gasteiger partial charge on any atom is 0.417 e. The van der Waals surface area contributed by atoms with E-state index in [-0.39, 0.29) is 11.5 Å². The van der Waals surface area contributed by atoms with Crippen LogP contribution in [0.25, 0.3) is 5.57 Å². The van der Waals surface area contributed by atoms with E-state index in [0.717, 1.165) is 0 Å². The molecule has 2 amide bonds. The number of benzene rings is 2. The lowest BCUT2D eigenvalue weighted by Crippen LogP contribution is -2.16. The number of anilines is 2. The summed E-state index contributed by atoms with van der Waals surface area (Å²) in [5, 5.41) is 4.91. The monoisotopic (exact) mass is 348 g/mol. The van der Waals surface area contributed by atoms with Crippen molar-refractivity contribution < 1.29 is 22.8 Å². The van der Waals surface area contributed by atoms with Crippen LogP contribution in [0, 0.1) is 0 Å². The van der Waals surface area contributed by atoms with Gasteiger partial charge in [0.2, 0.25) is 11.8 Å². The number of hydrogen-bond acceptors (Lipinski definition) is 2. The predicted octanol–water partition coefficient (Wildman–Crippen LogP) is 4.23. The normalized spacial score (nSPS) is 11.8. The number of carbonyl (C=O) groups excluding carboxylic acids is 2. The van der Waals surface area contributed by atoms with Crippen molar-refractivity contribution in [3.63, 3.8) is 0 Å². The van der Waals surface area contributed by atoms with Crippen molar-refractivity contribution in [2.75, 3.05) is 10.6 Å². The number of halogens is 3. The third kappa shape index (κ3) is 5.49. The molecule has 0 fully saturated rings. The minimum Gasteiger partial charge on any atom is -0.326 e. The largest absolute Gasteiger partial charge is 0.417 e. The molecule has 0 aliphatic carbocycles. The Morgan fingerprint density at radius 3 is 1.88 bits per heavy atom. The fourth-order valence-electron chi connectivity index (χ4n) is 2.10. The number of amides is 2. The maximum absolute atomic E-state index is 13.2. The van der Waals surface area contributed by atoms with Gasteiger partial charge in [0.1, 0.15) is 0 Å². The number of nitrogens with one attached hydrogen (secondary N) is 2. The van der Waals surface area contributed by atoms with Crippen molar-refractivity contribution >= 4 is 28.8 Å². The molecule has 0 aliphatic heterocycles. The van der Waals surface area contributed by atoms with Crippen molar-refractivity contribution in [3.8, 4) is 0 Å². The van der Waals surface area contributed by atoms with Gasteiger partial charge in [-0.2, -0.15) is 13.2 Å². The summed E-state index contributed by atoms with van der Waals surface area (Å²) in [5.41, 5.74) is -0.294. The van der Waals surface area contributed by atoms with Gasteiger partial charge in [-0.05, 0) is 29.8 Å².